The molecule has 0 spiro atoms. The first-order valence-electron chi connectivity index (χ1n) is 3.49. The van der Waals surface area contributed by atoms with Crippen LogP contribution in [0.2, 0.25) is 0 Å². The second kappa shape index (κ2) is 3.76. The maximum atomic E-state index is 12.6. The standard InChI is InChI=1S/C9H8FNO/c10-9-3-1-2-7(4-9)8(5-11)6-12/h1-6,8,11H. The fraction of sp³-hybridized carbons (Fsp3) is 0.111. The van der Waals surface area contributed by atoms with Crippen molar-refractivity contribution < 1.29 is 9.18 Å². The van der Waals surface area contributed by atoms with Crippen molar-refractivity contribution in [2.24, 2.45) is 0 Å². The van der Waals surface area contributed by atoms with E-state index in [0.29, 0.717) is 11.8 Å². The van der Waals surface area contributed by atoms with Gasteiger partial charge in [0.05, 0.1) is 5.92 Å². The Labute approximate surface area is 69.5 Å². The van der Waals surface area contributed by atoms with Crippen LogP contribution < -0.4 is 0 Å². The molecule has 0 saturated heterocycles. The Hall–Kier alpha value is -1.51. The minimum atomic E-state index is -0.624. The van der Waals surface area contributed by atoms with Gasteiger partial charge in [0.1, 0.15) is 12.1 Å². The van der Waals surface area contributed by atoms with Gasteiger partial charge in [-0.05, 0) is 17.7 Å². The van der Waals surface area contributed by atoms with E-state index in [1.807, 2.05) is 0 Å². The molecule has 0 bridgehead atoms. The van der Waals surface area contributed by atoms with E-state index in [0.717, 1.165) is 6.21 Å². The Balaban J connectivity index is 3.00. The highest BCUT2D eigenvalue weighted by Crippen LogP contribution is 2.12. The minimum absolute atomic E-state index is 0.388. The zero-order valence-corrected chi connectivity index (χ0v) is 6.33. The predicted molar refractivity (Wildman–Crippen MR) is 44.0 cm³/mol. The quantitative estimate of drug-likeness (QED) is 0.538. The number of nitrogens with one attached hydrogen (secondary N) is 1. The lowest BCUT2D eigenvalue weighted by molar-refractivity contribution is -0.107. The molecule has 0 fully saturated rings. The van der Waals surface area contributed by atoms with E-state index in [2.05, 4.69) is 0 Å². The third kappa shape index (κ3) is 1.75. The molecule has 2 nitrogen and oxygen atoms in total. The second-order valence-corrected chi connectivity index (χ2v) is 2.38. The molecule has 3 heteroatoms. The Morgan fingerprint density at radius 2 is 2.25 bits per heavy atom. The van der Waals surface area contributed by atoms with E-state index in [1.165, 1.54) is 18.2 Å². The molecule has 1 aromatic rings. The topological polar surface area (TPSA) is 40.9 Å². The van der Waals surface area contributed by atoms with Gasteiger partial charge in [0, 0.05) is 6.21 Å². The van der Waals surface area contributed by atoms with Crippen molar-refractivity contribution in [3.05, 3.63) is 35.6 Å². The molecule has 0 aliphatic carbocycles. The van der Waals surface area contributed by atoms with Crippen molar-refractivity contribution in [1.82, 2.24) is 0 Å². The summed E-state index contributed by atoms with van der Waals surface area (Å²) in [5.41, 5.74) is 0.514. The van der Waals surface area contributed by atoms with Gasteiger partial charge in [0.15, 0.2) is 0 Å². The Morgan fingerprint density at radius 1 is 1.50 bits per heavy atom. The van der Waals surface area contributed by atoms with Crippen molar-refractivity contribution in [3.8, 4) is 0 Å². The van der Waals surface area contributed by atoms with Crippen LogP contribution in [-0.2, 0) is 4.79 Å². The molecule has 1 unspecified atom stereocenters. The molecule has 1 aromatic carbocycles. The summed E-state index contributed by atoms with van der Waals surface area (Å²) in [6.07, 6.45) is 1.60. The van der Waals surface area contributed by atoms with Gasteiger partial charge in [-0.3, -0.25) is 0 Å². The molecule has 62 valence electrons. The number of rotatable bonds is 3. The van der Waals surface area contributed by atoms with Crippen LogP contribution >= 0.6 is 0 Å². The zero-order valence-electron chi connectivity index (χ0n) is 6.33. The smallest absolute Gasteiger partial charge is 0.132 e. The van der Waals surface area contributed by atoms with E-state index in [9.17, 15) is 9.18 Å². The van der Waals surface area contributed by atoms with Crippen molar-refractivity contribution in [1.29, 1.82) is 5.41 Å². The monoisotopic (exact) mass is 165 g/mol. The number of hydrogen-bond donors (Lipinski definition) is 1. The molecule has 0 saturated carbocycles. The molecule has 12 heavy (non-hydrogen) atoms. The average Bonchev–Trinajstić information content (AvgIpc) is 2.07. The third-order valence-electron chi connectivity index (χ3n) is 1.56. The zero-order chi connectivity index (χ0) is 8.97. The Morgan fingerprint density at radius 3 is 2.75 bits per heavy atom. The van der Waals surface area contributed by atoms with Crippen LogP contribution in [0.3, 0.4) is 0 Å². The molecule has 0 aliphatic rings. The van der Waals surface area contributed by atoms with Crippen LogP contribution in [-0.4, -0.2) is 12.5 Å². The molecular weight excluding hydrogens is 157 g/mol. The van der Waals surface area contributed by atoms with Crippen molar-refractivity contribution in [2.45, 2.75) is 5.92 Å². The summed E-state index contributed by atoms with van der Waals surface area (Å²) in [7, 11) is 0. The van der Waals surface area contributed by atoms with Crippen molar-refractivity contribution in [3.63, 3.8) is 0 Å². The largest absolute Gasteiger partial charge is 0.312 e. The van der Waals surface area contributed by atoms with E-state index >= 15 is 0 Å². The maximum Gasteiger partial charge on any atom is 0.132 e. The maximum absolute atomic E-state index is 12.6. The number of carbonyl (C=O) groups is 1. The summed E-state index contributed by atoms with van der Waals surface area (Å²) in [5, 5.41) is 6.89. The number of hydrogen-bond acceptors (Lipinski definition) is 2. The molecule has 0 radical (unpaired) electrons. The molecule has 1 rings (SSSR count). The van der Waals surface area contributed by atoms with Crippen LogP contribution in [0.1, 0.15) is 11.5 Å². The van der Waals surface area contributed by atoms with Crippen LogP contribution in [0.4, 0.5) is 4.39 Å². The summed E-state index contributed by atoms with van der Waals surface area (Å²) in [6, 6.07) is 5.69. The van der Waals surface area contributed by atoms with Gasteiger partial charge in [-0.15, -0.1) is 0 Å². The summed E-state index contributed by atoms with van der Waals surface area (Å²) in [5.74, 6) is -1.01. The lowest BCUT2D eigenvalue weighted by atomic mass is 10.0. The second-order valence-electron chi connectivity index (χ2n) is 2.38. The Kier molecular flexibility index (Phi) is 2.69. The lowest BCUT2D eigenvalue weighted by Gasteiger charge is -2.02. The number of halogens is 1. The fourth-order valence-electron chi connectivity index (χ4n) is 0.928. The van der Waals surface area contributed by atoms with E-state index in [4.69, 9.17) is 5.41 Å². The molecule has 1 N–H and O–H groups in total. The number of benzene rings is 1. The van der Waals surface area contributed by atoms with E-state index in [1.54, 1.807) is 6.07 Å². The highest BCUT2D eigenvalue weighted by atomic mass is 19.1. The first-order chi connectivity index (χ1) is 5.77. The van der Waals surface area contributed by atoms with E-state index < -0.39 is 5.92 Å². The van der Waals surface area contributed by atoms with Crippen molar-refractivity contribution >= 4 is 12.5 Å². The molecule has 1 atom stereocenters. The first kappa shape index (κ1) is 8.59. The highest BCUT2D eigenvalue weighted by molar-refractivity contribution is 5.86. The highest BCUT2D eigenvalue weighted by Gasteiger charge is 2.06. The SMILES string of the molecule is N=CC(C=O)c1cccc(F)c1. The molecule has 0 heterocycles. The Bertz CT molecular complexity index is 290. The average molecular weight is 165 g/mol. The van der Waals surface area contributed by atoms with Gasteiger partial charge in [0.2, 0.25) is 0 Å². The number of aldehydes is 1. The van der Waals surface area contributed by atoms with Crippen LogP contribution in [0.25, 0.3) is 0 Å². The minimum Gasteiger partial charge on any atom is -0.312 e. The summed E-state index contributed by atoms with van der Waals surface area (Å²) in [4.78, 5) is 10.4. The third-order valence-corrected chi connectivity index (χ3v) is 1.56. The normalized spacial score (nSPS) is 12.1. The van der Waals surface area contributed by atoms with Gasteiger partial charge < -0.3 is 10.2 Å². The van der Waals surface area contributed by atoms with Gasteiger partial charge >= 0.3 is 0 Å². The van der Waals surface area contributed by atoms with Gasteiger partial charge in [-0.2, -0.15) is 0 Å². The van der Waals surface area contributed by atoms with Crippen LogP contribution in [0.5, 0.6) is 0 Å². The summed E-state index contributed by atoms with van der Waals surface area (Å²) < 4.78 is 12.6. The molecule has 0 aromatic heterocycles. The first-order valence-corrected chi connectivity index (χ1v) is 3.49. The molecular formula is C9H8FNO. The lowest BCUT2D eigenvalue weighted by Crippen LogP contribution is -2.00. The number of carbonyl (C=O) groups excluding carboxylic acids is 1. The van der Waals surface area contributed by atoms with Crippen LogP contribution in [0, 0.1) is 11.2 Å². The molecule has 0 amide bonds. The predicted octanol–water partition coefficient (Wildman–Crippen LogP) is 1.76. The molecule has 0 aliphatic heterocycles. The van der Waals surface area contributed by atoms with Gasteiger partial charge in [-0.25, -0.2) is 4.39 Å². The summed E-state index contributed by atoms with van der Waals surface area (Å²) >= 11 is 0. The van der Waals surface area contributed by atoms with Gasteiger partial charge in [-0.1, -0.05) is 12.1 Å². The fourth-order valence-corrected chi connectivity index (χ4v) is 0.928. The summed E-state index contributed by atoms with van der Waals surface area (Å²) in [6.45, 7) is 0. The van der Waals surface area contributed by atoms with Crippen LogP contribution in [0.15, 0.2) is 24.3 Å². The van der Waals surface area contributed by atoms with Crippen molar-refractivity contribution in [2.75, 3.05) is 0 Å². The van der Waals surface area contributed by atoms with Gasteiger partial charge in [0.25, 0.3) is 0 Å². The van der Waals surface area contributed by atoms with E-state index in [-0.39, 0.29) is 5.82 Å².